The van der Waals surface area contributed by atoms with E-state index in [2.05, 4.69) is 10.1 Å². The summed E-state index contributed by atoms with van der Waals surface area (Å²) in [6.07, 6.45) is 3.26. The Bertz CT molecular complexity index is 282. The molecule has 0 aliphatic carbocycles. The number of hydrogen-bond donors (Lipinski definition) is 1. The fourth-order valence-corrected chi connectivity index (χ4v) is 1.24. The Balaban J connectivity index is 2.49. The molecule has 1 unspecified atom stereocenters. The van der Waals surface area contributed by atoms with Crippen LogP contribution in [0, 0.1) is 0 Å². The van der Waals surface area contributed by atoms with Gasteiger partial charge in [0.1, 0.15) is 6.04 Å². The van der Waals surface area contributed by atoms with Crippen LogP contribution in [0.2, 0.25) is 0 Å². The van der Waals surface area contributed by atoms with Gasteiger partial charge in [0.2, 0.25) is 0 Å². The van der Waals surface area contributed by atoms with Crippen molar-refractivity contribution in [3.8, 4) is 0 Å². The maximum absolute atomic E-state index is 11.1. The highest BCUT2D eigenvalue weighted by molar-refractivity contribution is 5.75. The molecule has 14 heavy (non-hydrogen) atoms. The standard InChI is InChI=1S/C10H15NO3/c1-7(9-4-5-14-6-9)11-8(2)10(12)13-3/h4-8,11H,1-3H3/t7?,8-/m0/s1. The third-order valence-electron chi connectivity index (χ3n) is 2.10. The number of carbonyl (C=O) groups excluding carboxylic acids is 1. The normalized spacial score (nSPS) is 14.8. The first-order valence-electron chi connectivity index (χ1n) is 4.51. The third-order valence-corrected chi connectivity index (χ3v) is 2.10. The van der Waals surface area contributed by atoms with Gasteiger partial charge in [-0.1, -0.05) is 0 Å². The summed E-state index contributed by atoms with van der Waals surface area (Å²) in [4.78, 5) is 11.1. The lowest BCUT2D eigenvalue weighted by molar-refractivity contribution is -0.142. The van der Waals surface area contributed by atoms with Gasteiger partial charge in [-0.15, -0.1) is 0 Å². The number of nitrogens with one attached hydrogen (secondary N) is 1. The smallest absolute Gasteiger partial charge is 0.322 e. The maximum Gasteiger partial charge on any atom is 0.322 e. The van der Waals surface area contributed by atoms with Gasteiger partial charge in [0.15, 0.2) is 0 Å². The number of methoxy groups -OCH3 is 1. The second kappa shape index (κ2) is 4.81. The van der Waals surface area contributed by atoms with E-state index in [0.717, 1.165) is 5.56 Å². The lowest BCUT2D eigenvalue weighted by Crippen LogP contribution is -2.36. The number of carbonyl (C=O) groups is 1. The molecule has 0 saturated carbocycles. The van der Waals surface area contributed by atoms with Gasteiger partial charge in [-0.3, -0.25) is 10.1 Å². The fraction of sp³-hybridized carbons (Fsp3) is 0.500. The van der Waals surface area contributed by atoms with Gasteiger partial charge < -0.3 is 9.15 Å². The Hall–Kier alpha value is -1.29. The molecule has 0 aromatic carbocycles. The van der Waals surface area contributed by atoms with Crippen molar-refractivity contribution in [3.63, 3.8) is 0 Å². The van der Waals surface area contributed by atoms with Gasteiger partial charge in [0.25, 0.3) is 0 Å². The van der Waals surface area contributed by atoms with Crippen molar-refractivity contribution in [2.24, 2.45) is 0 Å². The van der Waals surface area contributed by atoms with E-state index in [-0.39, 0.29) is 18.1 Å². The van der Waals surface area contributed by atoms with E-state index in [1.54, 1.807) is 19.5 Å². The van der Waals surface area contributed by atoms with Gasteiger partial charge in [0.05, 0.1) is 19.6 Å². The molecule has 2 atom stereocenters. The summed E-state index contributed by atoms with van der Waals surface area (Å²) in [7, 11) is 1.38. The average Bonchev–Trinajstić information content (AvgIpc) is 2.69. The molecule has 4 nitrogen and oxygen atoms in total. The molecule has 0 amide bonds. The molecular formula is C10H15NO3. The zero-order valence-corrected chi connectivity index (χ0v) is 8.61. The van der Waals surface area contributed by atoms with E-state index in [1.165, 1.54) is 7.11 Å². The van der Waals surface area contributed by atoms with Gasteiger partial charge in [0, 0.05) is 11.6 Å². The maximum atomic E-state index is 11.1. The molecule has 1 aromatic rings. The van der Waals surface area contributed by atoms with Crippen molar-refractivity contribution in [3.05, 3.63) is 24.2 Å². The van der Waals surface area contributed by atoms with Crippen LogP contribution in [0.15, 0.2) is 23.0 Å². The Labute approximate surface area is 83.2 Å². The SMILES string of the molecule is COC(=O)[C@H](C)NC(C)c1ccoc1. The lowest BCUT2D eigenvalue weighted by atomic mass is 10.1. The first-order valence-corrected chi connectivity index (χ1v) is 4.51. The molecule has 1 N–H and O–H groups in total. The van der Waals surface area contributed by atoms with E-state index < -0.39 is 0 Å². The molecule has 0 saturated heterocycles. The summed E-state index contributed by atoms with van der Waals surface area (Å²) < 4.78 is 9.55. The highest BCUT2D eigenvalue weighted by Gasteiger charge is 2.16. The fourth-order valence-electron chi connectivity index (χ4n) is 1.24. The average molecular weight is 197 g/mol. The first kappa shape index (κ1) is 10.8. The number of ether oxygens (including phenoxy) is 1. The van der Waals surface area contributed by atoms with Crippen LogP contribution in [0.5, 0.6) is 0 Å². The van der Waals surface area contributed by atoms with Crippen LogP contribution in [0.25, 0.3) is 0 Å². The summed E-state index contributed by atoms with van der Waals surface area (Å²) in [5.74, 6) is -0.264. The molecule has 1 heterocycles. The third kappa shape index (κ3) is 2.60. The van der Waals surface area contributed by atoms with Gasteiger partial charge in [-0.05, 0) is 19.9 Å². The zero-order chi connectivity index (χ0) is 10.6. The van der Waals surface area contributed by atoms with E-state index >= 15 is 0 Å². The molecule has 0 aliphatic heterocycles. The molecule has 0 aliphatic rings. The molecule has 0 spiro atoms. The summed E-state index contributed by atoms with van der Waals surface area (Å²) in [5, 5.41) is 3.10. The van der Waals surface area contributed by atoms with E-state index in [0.29, 0.717) is 0 Å². The number of esters is 1. The Morgan fingerprint density at radius 1 is 1.57 bits per heavy atom. The number of rotatable bonds is 4. The quantitative estimate of drug-likeness (QED) is 0.743. The molecule has 1 aromatic heterocycles. The Morgan fingerprint density at radius 3 is 2.79 bits per heavy atom. The monoisotopic (exact) mass is 197 g/mol. The molecule has 78 valence electrons. The van der Waals surface area contributed by atoms with Crippen molar-refractivity contribution in [2.45, 2.75) is 25.9 Å². The van der Waals surface area contributed by atoms with Crippen LogP contribution in [-0.4, -0.2) is 19.1 Å². The van der Waals surface area contributed by atoms with E-state index in [1.807, 2.05) is 13.0 Å². The van der Waals surface area contributed by atoms with Crippen molar-refractivity contribution in [1.82, 2.24) is 5.32 Å². The molecular weight excluding hydrogens is 182 g/mol. The summed E-state index contributed by atoms with van der Waals surface area (Å²) in [6.45, 7) is 3.73. The van der Waals surface area contributed by atoms with Crippen LogP contribution in [0.1, 0.15) is 25.5 Å². The highest BCUT2D eigenvalue weighted by atomic mass is 16.5. The lowest BCUT2D eigenvalue weighted by Gasteiger charge is -2.16. The van der Waals surface area contributed by atoms with Crippen molar-refractivity contribution in [2.75, 3.05) is 7.11 Å². The number of furan rings is 1. The Morgan fingerprint density at radius 2 is 2.29 bits per heavy atom. The van der Waals surface area contributed by atoms with Crippen LogP contribution >= 0.6 is 0 Å². The van der Waals surface area contributed by atoms with Crippen molar-refractivity contribution >= 4 is 5.97 Å². The summed E-state index contributed by atoms with van der Waals surface area (Å²) in [6, 6.07) is 1.62. The molecule has 4 heteroatoms. The second-order valence-electron chi connectivity index (χ2n) is 3.19. The topological polar surface area (TPSA) is 51.5 Å². The minimum atomic E-state index is -0.315. The minimum absolute atomic E-state index is 0.0721. The molecule has 0 radical (unpaired) electrons. The minimum Gasteiger partial charge on any atom is -0.472 e. The van der Waals surface area contributed by atoms with Crippen LogP contribution in [-0.2, 0) is 9.53 Å². The molecule has 0 fully saturated rings. The van der Waals surface area contributed by atoms with E-state index in [4.69, 9.17) is 4.42 Å². The van der Waals surface area contributed by atoms with Crippen molar-refractivity contribution < 1.29 is 13.9 Å². The number of hydrogen-bond acceptors (Lipinski definition) is 4. The van der Waals surface area contributed by atoms with Crippen LogP contribution in [0.3, 0.4) is 0 Å². The highest BCUT2D eigenvalue weighted by Crippen LogP contribution is 2.12. The predicted octanol–water partition coefficient (Wildman–Crippen LogP) is 1.49. The first-order chi connectivity index (χ1) is 6.65. The van der Waals surface area contributed by atoms with E-state index in [9.17, 15) is 4.79 Å². The zero-order valence-electron chi connectivity index (χ0n) is 8.61. The van der Waals surface area contributed by atoms with Gasteiger partial charge in [-0.2, -0.15) is 0 Å². The van der Waals surface area contributed by atoms with Crippen molar-refractivity contribution in [1.29, 1.82) is 0 Å². The Kier molecular flexibility index (Phi) is 3.71. The molecule has 0 bridgehead atoms. The van der Waals surface area contributed by atoms with Crippen LogP contribution < -0.4 is 5.32 Å². The van der Waals surface area contributed by atoms with Crippen LogP contribution in [0.4, 0.5) is 0 Å². The summed E-state index contributed by atoms with van der Waals surface area (Å²) >= 11 is 0. The largest absolute Gasteiger partial charge is 0.472 e. The van der Waals surface area contributed by atoms with Gasteiger partial charge >= 0.3 is 5.97 Å². The molecule has 1 rings (SSSR count). The summed E-state index contributed by atoms with van der Waals surface area (Å²) in [5.41, 5.74) is 1.01. The predicted molar refractivity (Wildman–Crippen MR) is 51.7 cm³/mol. The second-order valence-corrected chi connectivity index (χ2v) is 3.19. The van der Waals surface area contributed by atoms with Gasteiger partial charge in [-0.25, -0.2) is 0 Å².